The average Bonchev–Trinajstić information content (AvgIpc) is 3.38. The van der Waals surface area contributed by atoms with Crippen molar-refractivity contribution in [2.45, 2.75) is 26.3 Å². The lowest BCUT2D eigenvalue weighted by Crippen LogP contribution is -2.34. The van der Waals surface area contributed by atoms with Crippen molar-refractivity contribution in [3.05, 3.63) is 53.1 Å². The van der Waals surface area contributed by atoms with Crippen LogP contribution >= 0.6 is 0 Å². The van der Waals surface area contributed by atoms with E-state index in [4.69, 9.17) is 10.7 Å². The lowest BCUT2D eigenvalue weighted by molar-refractivity contribution is 0.257. The van der Waals surface area contributed by atoms with Gasteiger partial charge >= 0.3 is 0 Å². The van der Waals surface area contributed by atoms with Crippen molar-refractivity contribution in [1.82, 2.24) is 25.1 Å². The third-order valence-electron chi connectivity index (χ3n) is 6.01. The number of aromatic nitrogens is 4. The number of fused-ring (bicyclic) bond motifs is 2. The second-order valence-corrected chi connectivity index (χ2v) is 7.97. The quantitative estimate of drug-likeness (QED) is 0.396. The Balaban J connectivity index is 1.51. The Kier molecular flexibility index (Phi) is 4.95. The van der Waals surface area contributed by atoms with Crippen molar-refractivity contribution < 1.29 is 9.50 Å². The molecular weight excluding hydrogens is 395 g/mol. The molecule has 160 valence electrons. The van der Waals surface area contributed by atoms with Crippen LogP contribution in [0.5, 0.6) is 5.75 Å². The molecule has 7 nitrogen and oxygen atoms in total. The van der Waals surface area contributed by atoms with Gasteiger partial charge in [-0.05, 0) is 47.4 Å². The summed E-state index contributed by atoms with van der Waals surface area (Å²) in [5.74, 6) is -0.191. The van der Waals surface area contributed by atoms with Crippen LogP contribution in [-0.2, 0) is 19.4 Å². The third kappa shape index (κ3) is 3.47. The van der Waals surface area contributed by atoms with Crippen molar-refractivity contribution in [1.29, 1.82) is 0 Å². The van der Waals surface area contributed by atoms with E-state index >= 15 is 0 Å². The van der Waals surface area contributed by atoms with Crippen LogP contribution in [0.1, 0.15) is 23.9 Å². The van der Waals surface area contributed by atoms with E-state index in [1.807, 2.05) is 25.1 Å². The number of phenols is 1. The van der Waals surface area contributed by atoms with Crippen LogP contribution in [0.2, 0.25) is 0 Å². The number of nitrogens with two attached hydrogens (primary N) is 1. The Bertz CT molecular complexity index is 1260. The molecule has 0 unspecified atom stereocenters. The van der Waals surface area contributed by atoms with Gasteiger partial charge in [0, 0.05) is 38.0 Å². The van der Waals surface area contributed by atoms with E-state index in [-0.39, 0.29) is 5.75 Å². The molecule has 3 heterocycles. The molecule has 0 spiro atoms. The molecule has 5 rings (SSSR count). The van der Waals surface area contributed by atoms with Gasteiger partial charge in [0.2, 0.25) is 0 Å². The van der Waals surface area contributed by atoms with Gasteiger partial charge in [-0.25, -0.2) is 9.37 Å². The zero-order valence-corrected chi connectivity index (χ0v) is 17.4. The molecule has 2 aromatic carbocycles. The van der Waals surface area contributed by atoms with Gasteiger partial charge in [0.1, 0.15) is 5.69 Å². The van der Waals surface area contributed by atoms with Gasteiger partial charge in [-0.1, -0.05) is 13.0 Å². The number of H-pyrrole nitrogens is 2. The van der Waals surface area contributed by atoms with E-state index in [0.29, 0.717) is 13.0 Å². The fraction of sp³-hybridized carbons (Fsp3) is 0.304. The number of halogens is 1. The van der Waals surface area contributed by atoms with Crippen LogP contribution in [0.25, 0.3) is 33.5 Å². The number of nitrogens with one attached hydrogen (secondary N) is 2. The summed E-state index contributed by atoms with van der Waals surface area (Å²) >= 11 is 0. The number of rotatable bonds is 5. The zero-order chi connectivity index (χ0) is 21.5. The average molecular weight is 420 g/mol. The second kappa shape index (κ2) is 7.79. The summed E-state index contributed by atoms with van der Waals surface area (Å²) in [6.07, 6.45) is 1.58. The molecule has 0 radical (unpaired) electrons. The van der Waals surface area contributed by atoms with Gasteiger partial charge in [-0.2, -0.15) is 5.10 Å². The monoisotopic (exact) mass is 420 g/mol. The van der Waals surface area contributed by atoms with Gasteiger partial charge in [0.05, 0.1) is 16.9 Å². The highest BCUT2D eigenvalue weighted by Crippen LogP contribution is 2.34. The minimum absolute atomic E-state index is 0.322. The van der Waals surface area contributed by atoms with Gasteiger partial charge in [0.25, 0.3) is 0 Å². The lowest BCUT2D eigenvalue weighted by Gasteiger charge is -2.24. The second-order valence-electron chi connectivity index (χ2n) is 7.97. The molecule has 4 aromatic rings. The molecule has 0 saturated carbocycles. The van der Waals surface area contributed by atoms with E-state index in [1.165, 1.54) is 12.1 Å². The van der Waals surface area contributed by atoms with E-state index in [0.717, 1.165) is 76.6 Å². The molecule has 1 aliphatic rings. The van der Waals surface area contributed by atoms with E-state index < -0.39 is 5.82 Å². The smallest absolute Gasteiger partial charge is 0.165 e. The number of hydrogen-bond acceptors (Lipinski definition) is 5. The van der Waals surface area contributed by atoms with Gasteiger partial charge in [-0.15, -0.1) is 0 Å². The number of imidazole rings is 1. The number of aromatic hydroxyl groups is 1. The molecule has 0 bridgehead atoms. The molecule has 0 atom stereocenters. The Morgan fingerprint density at radius 3 is 2.94 bits per heavy atom. The maximum Gasteiger partial charge on any atom is 0.165 e. The highest BCUT2D eigenvalue weighted by molar-refractivity contribution is 5.94. The van der Waals surface area contributed by atoms with E-state index in [2.05, 4.69) is 20.1 Å². The summed E-state index contributed by atoms with van der Waals surface area (Å²) in [6.45, 7) is 5.28. The maximum atomic E-state index is 14.0. The minimum Gasteiger partial charge on any atom is -0.505 e. The summed E-state index contributed by atoms with van der Waals surface area (Å²) in [7, 11) is 0. The first-order chi connectivity index (χ1) is 15.1. The van der Waals surface area contributed by atoms with E-state index in [9.17, 15) is 9.50 Å². The summed E-state index contributed by atoms with van der Waals surface area (Å²) in [4.78, 5) is 10.6. The Morgan fingerprint density at radius 1 is 1.26 bits per heavy atom. The SMILES string of the molecule is CCc1cc(O)c(F)cc1-c1ccc2c(-c3nc4c([nH]3)CN(CCN)CC4)n[nH]c2c1. The third-order valence-corrected chi connectivity index (χ3v) is 6.01. The molecular formula is C23H25FN6O. The van der Waals surface area contributed by atoms with Crippen molar-refractivity contribution >= 4 is 10.9 Å². The number of benzene rings is 2. The largest absolute Gasteiger partial charge is 0.505 e. The maximum absolute atomic E-state index is 14.0. The molecule has 0 amide bonds. The molecule has 1 aliphatic heterocycles. The van der Waals surface area contributed by atoms with E-state index in [1.54, 1.807) is 0 Å². The summed E-state index contributed by atoms with van der Waals surface area (Å²) in [5, 5.41) is 18.3. The summed E-state index contributed by atoms with van der Waals surface area (Å²) in [6, 6.07) is 8.78. The first-order valence-corrected chi connectivity index (χ1v) is 10.6. The highest BCUT2D eigenvalue weighted by atomic mass is 19.1. The Labute approximate surface area is 179 Å². The van der Waals surface area contributed by atoms with Crippen molar-refractivity contribution in [2.24, 2.45) is 5.73 Å². The highest BCUT2D eigenvalue weighted by Gasteiger charge is 2.22. The number of phenolic OH excluding ortho intramolecular Hbond substituents is 1. The van der Waals surface area contributed by atoms with Gasteiger partial charge in [-0.3, -0.25) is 10.00 Å². The van der Waals surface area contributed by atoms with Crippen LogP contribution in [0, 0.1) is 5.82 Å². The lowest BCUT2D eigenvalue weighted by atomic mass is 9.96. The number of aryl methyl sites for hydroxylation is 1. The molecule has 0 fully saturated rings. The number of nitrogens with zero attached hydrogens (tertiary/aromatic N) is 3. The predicted molar refractivity (Wildman–Crippen MR) is 118 cm³/mol. The van der Waals surface area contributed by atoms with Crippen molar-refractivity contribution in [2.75, 3.05) is 19.6 Å². The van der Waals surface area contributed by atoms with Crippen LogP contribution in [0.15, 0.2) is 30.3 Å². The van der Waals surface area contributed by atoms with Gasteiger partial charge < -0.3 is 15.8 Å². The molecule has 0 saturated heterocycles. The minimum atomic E-state index is -0.623. The van der Waals surface area contributed by atoms with Gasteiger partial charge in [0.15, 0.2) is 17.4 Å². The van der Waals surface area contributed by atoms with Crippen LogP contribution in [0.4, 0.5) is 4.39 Å². The zero-order valence-electron chi connectivity index (χ0n) is 17.4. The number of aromatic amines is 2. The Hall–Kier alpha value is -3.23. The molecule has 0 aliphatic carbocycles. The molecule has 8 heteroatoms. The molecule has 5 N–H and O–H groups in total. The summed E-state index contributed by atoms with van der Waals surface area (Å²) in [5.41, 5.74) is 12.1. The fourth-order valence-electron chi connectivity index (χ4n) is 4.37. The normalized spacial score (nSPS) is 14.3. The first kappa shape index (κ1) is 19.7. The van der Waals surface area contributed by atoms with Crippen LogP contribution < -0.4 is 5.73 Å². The number of hydrogen-bond donors (Lipinski definition) is 4. The molecule has 2 aromatic heterocycles. The van der Waals surface area contributed by atoms with Crippen molar-refractivity contribution in [3.63, 3.8) is 0 Å². The standard InChI is InChI=1S/C23H25FN6O/c1-2-13-10-21(31)17(24)11-16(13)14-3-4-15-19(9-14)28-29-22(15)23-26-18-5-7-30(8-6-25)12-20(18)27-23/h3-4,9-11,31H,2,5-8,12,25H2,1H3,(H,26,27)(H,28,29). The van der Waals surface area contributed by atoms with Crippen molar-refractivity contribution in [3.8, 4) is 28.4 Å². The fourth-order valence-corrected chi connectivity index (χ4v) is 4.37. The molecule has 31 heavy (non-hydrogen) atoms. The van der Waals surface area contributed by atoms with Crippen LogP contribution in [0.3, 0.4) is 0 Å². The first-order valence-electron chi connectivity index (χ1n) is 10.6. The Morgan fingerprint density at radius 2 is 2.13 bits per heavy atom. The predicted octanol–water partition coefficient (Wildman–Crippen LogP) is 3.34. The topological polar surface area (TPSA) is 107 Å². The summed E-state index contributed by atoms with van der Waals surface area (Å²) < 4.78 is 14.0. The van der Waals surface area contributed by atoms with Crippen LogP contribution in [-0.4, -0.2) is 49.8 Å².